The number of hydrogen-bond acceptors (Lipinski definition) is 4. The van der Waals surface area contributed by atoms with Crippen molar-refractivity contribution in [3.8, 4) is 0 Å². The van der Waals surface area contributed by atoms with Crippen LogP contribution in [0.4, 0.5) is 0 Å². The monoisotopic (exact) mass is 454 g/mol. The minimum Gasteiger partial charge on any atom is -0.352 e. The second-order valence-corrected chi connectivity index (χ2v) is 8.57. The highest BCUT2D eigenvalue weighted by molar-refractivity contribution is 7.98. The maximum Gasteiger partial charge on any atom is 0.220 e. The van der Waals surface area contributed by atoms with E-state index in [0.29, 0.717) is 19.5 Å². The Bertz CT molecular complexity index is 990. The van der Waals surface area contributed by atoms with Gasteiger partial charge in [-0.15, -0.1) is 16.8 Å². The Morgan fingerprint density at radius 3 is 2.68 bits per heavy atom. The molecule has 7 heteroatoms. The molecule has 0 bridgehead atoms. The minimum absolute atomic E-state index is 0.0779. The van der Waals surface area contributed by atoms with Gasteiger partial charge in [-0.05, 0) is 36.1 Å². The first-order chi connectivity index (χ1) is 15.2. The Morgan fingerprint density at radius 1 is 1.10 bits per heavy atom. The Labute approximate surface area is 192 Å². The Balaban J connectivity index is 1.45. The molecule has 0 saturated carbocycles. The van der Waals surface area contributed by atoms with Gasteiger partial charge in [0.2, 0.25) is 5.91 Å². The van der Waals surface area contributed by atoms with E-state index in [4.69, 9.17) is 11.6 Å². The smallest absolute Gasteiger partial charge is 0.220 e. The van der Waals surface area contributed by atoms with Gasteiger partial charge in [0.05, 0.1) is 0 Å². The zero-order chi connectivity index (χ0) is 21.9. The van der Waals surface area contributed by atoms with Crippen LogP contribution in [0.3, 0.4) is 0 Å². The number of allylic oxidation sites excluding steroid dienone is 1. The summed E-state index contributed by atoms with van der Waals surface area (Å²) in [4.78, 5) is 12.1. The lowest BCUT2D eigenvalue weighted by Gasteiger charge is -2.08. The van der Waals surface area contributed by atoms with Gasteiger partial charge in [-0.3, -0.25) is 4.79 Å². The summed E-state index contributed by atoms with van der Waals surface area (Å²) in [5.41, 5.74) is 2.25. The highest BCUT2D eigenvalue weighted by atomic mass is 35.5. The highest BCUT2D eigenvalue weighted by Crippen LogP contribution is 2.24. The summed E-state index contributed by atoms with van der Waals surface area (Å²) >= 11 is 7.71. The van der Waals surface area contributed by atoms with Crippen LogP contribution in [0.1, 0.15) is 36.2 Å². The molecule has 0 aliphatic carbocycles. The molecular formula is C24H27ClN4OS. The third-order valence-electron chi connectivity index (χ3n) is 4.75. The molecule has 1 heterocycles. The molecule has 0 aliphatic heterocycles. The van der Waals surface area contributed by atoms with Gasteiger partial charge in [0.15, 0.2) is 5.16 Å². The fourth-order valence-electron chi connectivity index (χ4n) is 3.15. The predicted molar refractivity (Wildman–Crippen MR) is 127 cm³/mol. The minimum atomic E-state index is 0.0779. The summed E-state index contributed by atoms with van der Waals surface area (Å²) in [5.74, 6) is 1.78. The average molecular weight is 455 g/mol. The quantitative estimate of drug-likeness (QED) is 0.225. The number of hydrogen-bond donors (Lipinski definition) is 1. The van der Waals surface area contributed by atoms with E-state index in [-0.39, 0.29) is 5.91 Å². The summed E-state index contributed by atoms with van der Waals surface area (Å²) in [6.45, 7) is 5.09. The number of amides is 1. The number of nitrogens with one attached hydrogen (secondary N) is 1. The van der Waals surface area contributed by atoms with E-state index in [1.807, 2.05) is 54.6 Å². The van der Waals surface area contributed by atoms with Gasteiger partial charge >= 0.3 is 0 Å². The van der Waals surface area contributed by atoms with Gasteiger partial charge in [0, 0.05) is 36.7 Å². The van der Waals surface area contributed by atoms with E-state index in [2.05, 4.69) is 32.7 Å². The number of thioether (sulfide) groups is 1. The molecule has 31 heavy (non-hydrogen) atoms. The summed E-state index contributed by atoms with van der Waals surface area (Å²) in [6.07, 6.45) is 4.84. The molecule has 0 atom stereocenters. The van der Waals surface area contributed by atoms with E-state index in [0.717, 1.165) is 52.1 Å². The molecule has 5 nitrogen and oxygen atoms in total. The van der Waals surface area contributed by atoms with E-state index in [1.165, 1.54) is 0 Å². The molecule has 0 saturated heterocycles. The maximum absolute atomic E-state index is 12.1. The Morgan fingerprint density at radius 2 is 1.90 bits per heavy atom. The molecular weight excluding hydrogens is 428 g/mol. The molecule has 0 unspecified atom stereocenters. The first-order valence-corrected chi connectivity index (χ1v) is 11.7. The third kappa shape index (κ3) is 7.56. The van der Waals surface area contributed by atoms with Crippen LogP contribution < -0.4 is 5.32 Å². The number of nitrogens with zero attached hydrogens (tertiary/aromatic N) is 3. The third-order valence-corrected chi connectivity index (χ3v) is 6.02. The maximum atomic E-state index is 12.1. The van der Waals surface area contributed by atoms with Crippen molar-refractivity contribution in [2.75, 3.05) is 0 Å². The van der Waals surface area contributed by atoms with Crippen molar-refractivity contribution in [1.82, 2.24) is 20.1 Å². The summed E-state index contributed by atoms with van der Waals surface area (Å²) in [5, 5.41) is 13.3. The molecule has 162 valence electrons. The molecule has 1 amide bonds. The van der Waals surface area contributed by atoms with E-state index in [9.17, 15) is 4.79 Å². The van der Waals surface area contributed by atoms with Crippen LogP contribution >= 0.6 is 23.4 Å². The van der Waals surface area contributed by atoms with Crippen molar-refractivity contribution >= 4 is 29.3 Å². The van der Waals surface area contributed by atoms with Gasteiger partial charge in [0.1, 0.15) is 5.82 Å². The predicted octanol–water partition coefficient (Wildman–Crippen LogP) is 5.44. The Hall–Kier alpha value is -2.57. The van der Waals surface area contributed by atoms with Crippen molar-refractivity contribution in [3.63, 3.8) is 0 Å². The fourth-order valence-corrected chi connectivity index (χ4v) is 4.27. The average Bonchev–Trinajstić information content (AvgIpc) is 3.16. The van der Waals surface area contributed by atoms with Crippen LogP contribution in [0.15, 0.2) is 72.4 Å². The Kier molecular flexibility index (Phi) is 9.18. The topological polar surface area (TPSA) is 59.8 Å². The van der Waals surface area contributed by atoms with Crippen LogP contribution in [0, 0.1) is 0 Å². The van der Waals surface area contributed by atoms with Gasteiger partial charge in [-0.2, -0.15) is 0 Å². The zero-order valence-electron chi connectivity index (χ0n) is 17.5. The number of carbonyl (C=O) groups excluding carboxylic acids is 1. The number of halogens is 1. The van der Waals surface area contributed by atoms with Crippen molar-refractivity contribution in [3.05, 3.63) is 89.2 Å². The molecule has 2 aromatic carbocycles. The largest absolute Gasteiger partial charge is 0.352 e. The molecule has 0 spiro atoms. The zero-order valence-corrected chi connectivity index (χ0v) is 19.0. The number of unbranched alkanes of at least 4 members (excludes halogenated alkanes) is 1. The molecule has 0 radical (unpaired) electrons. The van der Waals surface area contributed by atoms with Crippen molar-refractivity contribution in [2.24, 2.45) is 0 Å². The lowest BCUT2D eigenvalue weighted by molar-refractivity contribution is -0.121. The number of aryl methyl sites for hydroxylation is 1. The van der Waals surface area contributed by atoms with E-state index in [1.54, 1.807) is 11.8 Å². The van der Waals surface area contributed by atoms with Gasteiger partial charge in [0.25, 0.3) is 0 Å². The summed E-state index contributed by atoms with van der Waals surface area (Å²) in [7, 11) is 0. The normalized spacial score (nSPS) is 10.7. The molecule has 3 aromatic rings. The SMILES string of the molecule is C=CCn1c(CCCCC(=O)NCc2ccccc2)nnc1SCc1cccc(Cl)c1. The van der Waals surface area contributed by atoms with Crippen LogP contribution in [0.2, 0.25) is 5.02 Å². The first-order valence-electron chi connectivity index (χ1n) is 10.4. The van der Waals surface area contributed by atoms with Crippen LogP contribution in [-0.4, -0.2) is 20.7 Å². The van der Waals surface area contributed by atoms with Crippen LogP contribution in [0.25, 0.3) is 0 Å². The second-order valence-electron chi connectivity index (χ2n) is 7.19. The standard InChI is InChI=1S/C24H27ClN4OS/c1-2-15-29-22(27-28-24(29)31-18-20-11-8-12-21(25)16-20)13-6-7-14-23(30)26-17-19-9-4-3-5-10-19/h2-5,8-12,16H,1,6-7,13-15,17-18H2,(H,26,30). The number of aromatic nitrogens is 3. The van der Waals surface area contributed by atoms with Crippen molar-refractivity contribution in [2.45, 2.75) is 49.7 Å². The summed E-state index contributed by atoms with van der Waals surface area (Å²) < 4.78 is 2.09. The molecule has 3 rings (SSSR count). The lowest BCUT2D eigenvalue weighted by Crippen LogP contribution is -2.22. The highest BCUT2D eigenvalue weighted by Gasteiger charge is 2.12. The fraction of sp³-hybridized carbons (Fsp3) is 0.292. The van der Waals surface area contributed by atoms with Crippen LogP contribution in [-0.2, 0) is 30.1 Å². The number of carbonyl (C=O) groups is 1. The van der Waals surface area contributed by atoms with Crippen molar-refractivity contribution < 1.29 is 4.79 Å². The lowest BCUT2D eigenvalue weighted by atomic mass is 10.1. The van der Waals surface area contributed by atoms with E-state index < -0.39 is 0 Å². The van der Waals surface area contributed by atoms with Crippen LogP contribution in [0.5, 0.6) is 0 Å². The molecule has 1 N–H and O–H groups in total. The molecule has 0 fully saturated rings. The van der Waals surface area contributed by atoms with E-state index >= 15 is 0 Å². The molecule has 0 aliphatic rings. The molecule has 1 aromatic heterocycles. The first kappa shape index (κ1) is 23.1. The number of benzene rings is 2. The van der Waals surface area contributed by atoms with Gasteiger partial charge in [-0.1, -0.05) is 71.9 Å². The number of rotatable bonds is 12. The second kappa shape index (κ2) is 12.3. The summed E-state index contributed by atoms with van der Waals surface area (Å²) in [6, 6.07) is 17.8. The van der Waals surface area contributed by atoms with Gasteiger partial charge in [-0.25, -0.2) is 0 Å². The van der Waals surface area contributed by atoms with Gasteiger partial charge < -0.3 is 9.88 Å². The van der Waals surface area contributed by atoms with Crippen molar-refractivity contribution in [1.29, 1.82) is 0 Å².